The average Bonchev–Trinajstić information content (AvgIpc) is 2.71. The van der Waals surface area contributed by atoms with E-state index < -0.39 is 28.7 Å². The van der Waals surface area contributed by atoms with Crippen LogP contribution in [0.25, 0.3) is 0 Å². The molecule has 1 saturated carbocycles. The van der Waals surface area contributed by atoms with E-state index in [9.17, 15) is 9.59 Å². The predicted octanol–water partition coefficient (Wildman–Crippen LogP) is 3.17. The van der Waals surface area contributed by atoms with Gasteiger partial charge in [-0.2, -0.15) is 0 Å². The maximum absolute atomic E-state index is 11.1. The summed E-state index contributed by atoms with van der Waals surface area (Å²) < 4.78 is 0. The van der Waals surface area contributed by atoms with Crippen LogP contribution in [0.4, 0.5) is 0 Å². The highest BCUT2D eigenvalue weighted by atomic mass is 16.4. The van der Waals surface area contributed by atoms with Crippen molar-refractivity contribution in [2.45, 2.75) is 53.0 Å². The third-order valence-electron chi connectivity index (χ3n) is 5.40. The van der Waals surface area contributed by atoms with Crippen molar-refractivity contribution in [1.82, 2.24) is 0 Å². The Bertz CT molecular complexity index is 568. The first-order chi connectivity index (χ1) is 11.0. The molecule has 0 spiro atoms. The highest BCUT2D eigenvalue weighted by Gasteiger charge is 2.58. The molecule has 0 amide bonds. The molecule has 4 N–H and O–H groups in total. The predicted molar refractivity (Wildman–Crippen MR) is 93.7 cm³/mol. The van der Waals surface area contributed by atoms with Gasteiger partial charge in [-0.3, -0.25) is 9.59 Å². The van der Waals surface area contributed by atoms with Crippen LogP contribution >= 0.6 is 0 Å². The van der Waals surface area contributed by atoms with Crippen LogP contribution < -0.4 is 5.73 Å². The lowest BCUT2D eigenvalue weighted by molar-refractivity contribution is -0.157. The smallest absolute Gasteiger partial charge is 0.309 e. The van der Waals surface area contributed by atoms with Gasteiger partial charge in [-0.05, 0) is 44.1 Å². The zero-order valence-electron chi connectivity index (χ0n) is 15.0. The minimum atomic E-state index is -0.921. The minimum absolute atomic E-state index is 0.266. The molecule has 1 aliphatic carbocycles. The standard InChI is InChI=1S/C10H16O4.C9H13N/c1-9(2)6(7(11)12)4-5-10(9,3)8(13)14;1-8(10)7-9-5-3-2-4-6-9/h6H,4-5H2,1-3H3,(H,11,12)(H,13,14);2-6,8H,7,10H2,1H3/t6-,10+;/m1./s1. The van der Waals surface area contributed by atoms with E-state index in [-0.39, 0.29) is 6.04 Å². The molecule has 1 unspecified atom stereocenters. The fourth-order valence-electron chi connectivity index (χ4n) is 3.30. The van der Waals surface area contributed by atoms with Crippen LogP contribution in [0.3, 0.4) is 0 Å². The summed E-state index contributed by atoms with van der Waals surface area (Å²) >= 11 is 0. The highest BCUT2D eigenvalue weighted by molar-refractivity contribution is 5.80. The van der Waals surface area contributed by atoms with Crippen molar-refractivity contribution < 1.29 is 19.8 Å². The first-order valence-corrected chi connectivity index (χ1v) is 8.28. The summed E-state index contributed by atoms with van der Waals surface area (Å²) in [6.45, 7) is 7.12. The Balaban J connectivity index is 0.000000254. The molecule has 0 aromatic heterocycles. The number of benzene rings is 1. The molecule has 0 heterocycles. The fraction of sp³-hybridized carbons (Fsp3) is 0.579. The highest BCUT2D eigenvalue weighted by Crippen LogP contribution is 2.56. The molecule has 5 nitrogen and oxygen atoms in total. The monoisotopic (exact) mass is 335 g/mol. The number of hydrogen-bond donors (Lipinski definition) is 3. The zero-order valence-corrected chi connectivity index (χ0v) is 15.0. The molecule has 5 heteroatoms. The number of aliphatic carboxylic acids is 2. The van der Waals surface area contributed by atoms with Crippen LogP contribution in [0.5, 0.6) is 0 Å². The molecule has 0 aliphatic heterocycles. The maximum atomic E-state index is 11.1. The van der Waals surface area contributed by atoms with Crippen LogP contribution in [-0.4, -0.2) is 28.2 Å². The van der Waals surface area contributed by atoms with Crippen molar-refractivity contribution >= 4 is 11.9 Å². The molecule has 1 aromatic rings. The van der Waals surface area contributed by atoms with Gasteiger partial charge in [0.15, 0.2) is 0 Å². The van der Waals surface area contributed by atoms with Crippen LogP contribution in [0.1, 0.15) is 46.1 Å². The summed E-state index contributed by atoms with van der Waals surface area (Å²) in [6.07, 6.45) is 1.86. The quantitative estimate of drug-likeness (QED) is 0.784. The molecule has 1 fully saturated rings. The molecule has 0 radical (unpaired) electrons. The van der Waals surface area contributed by atoms with Crippen molar-refractivity contribution in [2.24, 2.45) is 22.5 Å². The van der Waals surface area contributed by atoms with Gasteiger partial charge in [-0.1, -0.05) is 44.2 Å². The third kappa shape index (κ3) is 4.35. The molecule has 0 bridgehead atoms. The number of carboxylic acid groups (broad SMARTS) is 2. The summed E-state index contributed by atoms with van der Waals surface area (Å²) in [6, 6.07) is 10.6. The van der Waals surface area contributed by atoms with E-state index in [1.165, 1.54) is 5.56 Å². The van der Waals surface area contributed by atoms with E-state index in [0.29, 0.717) is 12.8 Å². The van der Waals surface area contributed by atoms with Gasteiger partial charge in [0.25, 0.3) is 0 Å². The van der Waals surface area contributed by atoms with Gasteiger partial charge < -0.3 is 15.9 Å². The van der Waals surface area contributed by atoms with Gasteiger partial charge in [0, 0.05) is 6.04 Å². The lowest BCUT2D eigenvalue weighted by Crippen LogP contribution is -2.42. The Morgan fingerprint density at radius 1 is 1.21 bits per heavy atom. The van der Waals surface area contributed by atoms with Gasteiger partial charge in [-0.25, -0.2) is 0 Å². The van der Waals surface area contributed by atoms with Crippen molar-refractivity contribution in [3.05, 3.63) is 35.9 Å². The topological polar surface area (TPSA) is 101 Å². The van der Waals surface area contributed by atoms with E-state index in [1.807, 2.05) is 25.1 Å². The molecule has 1 aromatic carbocycles. The second kappa shape index (κ2) is 7.79. The van der Waals surface area contributed by atoms with Crippen molar-refractivity contribution in [3.63, 3.8) is 0 Å². The summed E-state index contributed by atoms with van der Waals surface area (Å²) in [5, 5.41) is 18.1. The number of nitrogens with two attached hydrogens (primary N) is 1. The molecule has 24 heavy (non-hydrogen) atoms. The van der Waals surface area contributed by atoms with E-state index in [1.54, 1.807) is 20.8 Å². The first kappa shape index (κ1) is 20.2. The van der Waals surface area contributed by atoms with Crippen molar-refractivity contribution in [3.8, 4) is 0 Å². The minimum Gasteiger partial charge on any atom is -0.481 e. The Kier molecular flexibility index (Phi) is 6.55. The maximum Gasteiger partial charge on any atom is 0.309 e. The van der Waals surface area contributed by atoms with Gasteiger partial charge in [0.2, 0.25) is 0 Å². The molecule has 0 saturated heterocycles. The van der Waals surface area contributed by atoms with Gasteiger partial charge in [-0.15, -0.1) is 0 Å². The number of carboxylic acids is 2. The van der Waals surface area contributed by atoms with Crippen LogP contribution in [0.15, 0.2) is 30.3 Å². The van der Waals surface area contributed by atoms with E-state index in [4.69, 9.17) is 15.9 Å². The lowest BCUT2D eigenvalue weighted by Gasteiger charge is -2.36. The zero-order chi connectivity index (χ0) is 18.5. The number of carbonyl (C=O) groups is 2. The summed E-state index contributed by atoms with van der Waals surface area (Å²) in [5.41, 5.74) is 5.33. The second-order valence-corrected chi connectivity index (χ2v) is 7.46. The molecule has 2 rings (SSSR count). The molecule has 134 valence electrons. The molecular formula is C19H29NO4. The SMILES string of the molecule is CC(N)Cc1ccccc1.CC1(C)[C@@H](C(=O)O)CC[C@@]1(C)C(=O)O. The first-order valence-electron chi connectivity index (χ1n) is 8.28. The largest absolute Gasteiger partial charge is 0.481 e. The molecular weight excluding hydrogens is 306 g/mol. The van der Waals surface area contributed by atoms with E-state index in [2.05, 4.69) is 12.1 Å². The summed E-state index contributed by atoms with van der Waals surface area (Å²) in [7, 11) is 0. The molecule has 3 atom stereocenters. The van der Waals surface area contributed by atoms with Gasteiger partial charge >= 0.3 is 11.9 Å². The Morgan fingerprint density at radius 2 is 1.75 bits per heavy atom. The van der Waals surface area contributed by atoms with Crippen LogP contribution in [0, 0.1) is 16.7 Å². The summed E-state index contributed by atoms with van der Waals surface area (Å²) in [5.74, 6) is -2.34. The Labute approximate surface area is 143 Å². The fourth-order valence-corrected chi connectivity index (χ4v) is 3.30. The second-order valence-electron chi connectivity index (χ2n) is 7.46. The number of hydrogen-bond acceptors (Lipinski definition) is 3. The Hall–Kier alpha value is -1.88. The van der Waals surface area contributed by atoms with E-state index >= 15 is 0 Å². The average molecular weight is 335 g/mol. The molecule has 1 aliphatic rings. The third-order valence-corrected chi connectivity index (χ3v) is 5.40. The van der Waals surface area contributed by atoms with Crippen molar-refractivity contribution in [2.75, 3.05) is 0 Å². The summed E-state index contributed by atoms with van der Waals surface area (Å²) in [4.78, 5) is 22.0. The van der Waals surface area contributed by atoms with Crippen molar-refractivity contribution in [1.29, 1.82) is 0 Å². The normalized spacial score (nSPS) is 26.1. The van der Waals surface area contributed by atoms with Gasteiger partial charge in [0.05, 0.1) is 11.3 Å². The number of rotatable bonds is 4. The van der Waals surface area contributed by atoms with Crippen LogP contribution in [-0.2, 0) is 16.0 Å². The van der Waals surface area contributed by atoms with Gasteiger partial charge in [0.1, 0.15) is 0 Å². The Morgan fingerprint density at radius 3 is 2.08 bits per heavy atom. The van der Waals surface area contributed by atoms with Crippen LogP contribution in [0.2, 0.25) is 0 Å². The van der Waals surface area contributed by atoms with E-state index in [0.717, 1.165) is 6.42 Å². The lowest BCUT2D eigenvalue weighted by atomic mass is 9.66.